The number of nitrogens with one attached hydrogen (secondary N) is 1. The summed E-state index contributed by atoms with van der Waals surface area (Å²) in [7, 11) is -3.76. The number of pyridine rings is 1. The number of sulfonamides is 1. The lowest BCUT2D eigenvalue weighted by atomic mass is 10.2. The molecule has 0 spiro atoms. The van der Waals surface area contributed by atoms with Gasteiger partial charge < -0.3 is 4.90 Å². The summed E-state index contributed by atoms with van der Waals surface area (Å²) in [6.07, 6.45) is 3.96. The van der Waals surface area contributed by atoms with Crippen molar-refractivity contribution in [3.8, 4) is 0 Å². The molecule has 1 fully saturated rings. The summed E-state index contributed by atoms with van der Waals surface area (Å²) < 4.78 is 40.3. The summed E-state index contributed by atoms with van der Waals surface area (Å²) in [5, 5.41) is -0.224. The van der Waals surface area contributed by atoms with Crippen molar-refractivity contribution in [2.45, 2.75) is 24.3 Å². The second-order valence-electron chi connectivity index (χ2n) is 5.62. The molecule has 2 heterocycles. The Morgan fingerprint density at radius 1 is 1.21 bits per heavy atom. The molecule has 1 aliphatic rings. The Kier molecular flexibility index (Phi) is 5.03. The van der Waals surface area contributed by atoms with Gasteiger partial charge in [-0.3, -0.25) is 0 Å². The molecule has 0 bridgehead atoms. The van der Waals surface area contributed by atoms with Crippen LogP contribution in [0.4, 0.5) is 10.2 Å². The molecule has 2 aromatic rings. The number of halogens is 2. The van der Waals surface area contributed by atoms with Gasteiger partial charge in [0.25, 0.3) is 0 Å². The minimum atomic E-state index is -3.76. The average Bonchev–Trinajstić information content (AvgIpc) is 3.10. The Morgan fingerprint density at radius 2 is 1.96 bits per heavy atom. The maximum atomic E-state index is 13.2. The van der Waals surface area contributed by atoms with Gasteiger partial charge in [0.05, 0.1) is 9.92 Å². The summed E-state index contributed by atoms with van der Waals surface area (Å²) in [6, 6.07) is 6.97. The van der Waals surface area contributed by atoms with Gasteiger partial charge in [0.1, 0.15) is 11.6 Å². The molecule has 1 N–H and O–H groups in total. The predicted octanol–water partition coefficient (Wildman–Crippen LogP) is 2.95. The highest BCUT2D eigenvalue weighted by atomic mass is 35.5. The molecule has 1 saturated heterocycles. The van der Waals surface area contributed by atoms with E-state index in [0.717, 1.165) is 49.4 Å². The number of aromatic nitrogens is 1. The van der Waals surface area contributed by atoms with E-state index in [2.05, 4.69) is 14.6 Å². The number of benzene rings is 1. The molecule has 1 aromatic heterocycles. The molecule has 0 unspecified atom stereocenters. The Balaban J connectivity index is 1.72. The molecule has 0 aliphatic carbocycles. The van der Waals surface area contributed by atoms with E-state index in [-0.39, 0.29) is 16.5 Å². The molecule has 8 heteroatoms. The van der Waals surface area contributed by atoms with Gasteiger partial charge in [-0.1, -0.05) is 11.6 Å². The molecular weight excluding hydrogens is 353 g/mol. The van der Waals surface area contributed by atoms with Gasteiger partial charge >= 0.3 is 0 Å². The van der Waals surface area contributed by atoms with E-state index in [9.17, 15) is 12.8 Å². The minimum absolute atomic E-state index is 0.0669. The van der Waals surface area contributed by atoms with Crippen LogP contribution in [0.1, 0.15) is 18.4 Å². The van der Waals surface area contributed by atoms with Crippen LogP contribution in [0.25, 0.3) is 0 Å². The molecule has 1 aromatic carbocycles. The van der Waals surface area contributed by atoms with Crippen LogP contribution in [-0.4, -0.2) is 26.5 Å². The lowest BCUT2D eigenvalue weighted by molar-refractivity contribution is 0.580. The van der Waals surface area contributed by atoms with Gasteiger partial charge in [-0.2, -0.15) is 0 Å². The third-order valence-corrected chi connectivity index (χ3v) is 5.60. The van der Waals surface area contributed by atoms with Crippen molar-refractivity contribution in [2.75, 3.05) is 18.0 Å². The topological polar surface area (TPSA) is 62.3 Å². The fourth-order valence-corrected chi connectivity index (χ4v) is 3.88. The molecule has 128 valence electrons. The highest BCUT2D eigenvalue weighted by Crippen LogP contribution is 2.21. The molecular formula is C16H17ClFN3O2S. The van der Waals surface area contributed by atoms with Crippen LogP contribution in [0.5, 0.6) is 0 Å². The molecule has 0 saturated carbocycles. The zero-order chi connectivity index (χ0) is 17.2. The number of rotatable bonds is 5. The van der Waals surface area contributed by atoms with Gasteiger partial charge in [-0.05, 0) is 48.7 Å². The van der Waals surface area contributed by atoms with Crippen LogP contribution < -0.4 is 9.62 Å². The Labute approximate surface area is 145 Å². The van der Waals surface area contributed by atoms with Crippen molar-refractivity contribution in [1.29, 1.82) is 0 Å². The third-order valence-electron chi connectivity index (χ3n) is 3.91. The summed E-state index contributed by atoms with van der Waals surface area (Å²) >= 11 is 5.65. The zero-order valence-corrected chi connectivity index (χ0v) is 14.4. The van der Waals surface area contributed by atoms with Gasteiger partial charge in [0, 0.05) is 25.8 Å². The second kappa shape index (κ2) is 7.04. The first-order chi connectivity index (χ1) is 11.5. The van der Waals surface area contributed by atoms with E-state index < -0.39 is 15.8 Å². The number of hydrogen-bond donors (Lipinski definition) is 1. The van der Waals surface area contributed by atoms with Crippen molar-refractivity contribution in [1.82, 2.24) is 9.71 Å². The van der Waals surface area contributed by atoms with E-state index in [1.165, 1.54) is 6.07 Å². The van der Waals surface area contributed by atoms with Crippen molar-refractivity contribution in [3.05, 3.63) is 52.9 Å². The molecule has 1 aliphatic heterocycles. The van der Waals surface area contributed by atoms with Gasteiger partial charge in [-0.15, -0.1) is 0 Å². The lowest BCUT2D eigenvalue weighted by Crippen LogP contribution is -2.24. The molecule has 24 heavy (non-hydrogen) atoms. The first-order valence-corrected chi connectivity index (χ1v) is 9.46. The van der Waals surface area contributed by atoms with Gasteiger partial charge in [0.15, 0.2) is 0 Å². The Bertz CT molecular complexity index is 839. The monoisotopic (exact) mass is 369 g/mol. The van der Waals surface area contributed by atoms with E-state index in [0.29, 0.717) is 0 Å². The molecule has 3 rings (SSSR count). The average molecular weight is 370 g/mol. The predicted molar refractivity (Wildman–Crippen MR) is 91.1 cm³/mol. The first kappa shape index (κ1) is 17.1. The summed E-state index contributed by atoms with van der Waals surface area (Å²) in [4.78, 5) is 6.45. The lowest BCUT2D eigenvalue weighted by Gasteiger charge is -2.17. The highest BCUT2D eigenvalue weighted by molar-refractivity contribution is 7.89. The smallest absolute Gasteiger partial charge is 0.240 e. The van der Waals surface area contributed by atoms with Crippen LogP contribution in [0.3, 0.4) is 0 Å². The number of nitrogens with zero attached hydrogens (tertiary/aromatic N) is 2. The quantitative estimate of drug-likeness (QED) is 0.880. The summed E-state index contributed by atoms with van der Waals surface area (Å²) in [5.41, 5.74) is 0.809. The Morgan fingerprint density at radius 3 is 2.67 bits per heavy atom. The molecule has 5 nitrogen and oxygen atoms in total. The summed E-state index contributed by atoms with van der Waals surface area (Å²) in [6.45, 7) is 2.06. The zero-order valence-electron chi connectivity index (χ0n) is 12.9. The normalized spacial score (nSPS) is 15.0. The fourth-order valence-electron chi connectivity index (χ4n) is 2.60. The van der Waals surface area contributed by atoms with Crippen LogP contribution >= 0.6 is 11.6 Å². The van der Waals surface area contributed by atoms with Crippen molar-refractivity contribution < 1.29 is 12.8 Å². The third kappa shape index (κ3) is 3.85. The molecule has 0 amide bonds. The maximum Gasteiger partial charge on any atom is 0.240 e. The van der Waals surface area contributed by atoms with Crippen molar-refractivity contribution in [3.63, 3.8) is 0 Å². The standard InChI is InChI=1S/C16H17ClFN3O2S/c17-14-10-13(3-4-15(14)18)24(22,23)20-11-12-5-6-19-16(9-12)21-7-1-2-8-21/h3-6,9-10,20H,1-2,7-8,11H2. The van der Waals surface area contributed by atoms with Crippen LogP contribution in [0.2, 0.25) is 5.02 Å². The molecule has 0 radical (unpaired) electrons. The maximum absolute atomic E-state index is 13.2. The van der Waals surface area contributed by atoms with Crippen LogP contribution in [0.15, 0.2) is 41.4 Å². The second-order valence-corrected chi connectivity index (χ2v) is 7.79. The van der Waals surface area contributed by atoms with Crippen LogP contribution in [0, 0.1) is 5.82 Å². The van der Waals surface area contributed by atoms with Gasteiger partial charge in [0.2, 0.25) is 10.0 Å². The molecule has 0 atom stereocenters. The van der Waals surface area contributed by atoms with Crippen molar-refractivity contribution >= 4 is 27.4 Å². The highest BCUT2D eigenvalue weighted by Gasteiger charge is 2.17. The largest absolute Gasteiger partial charge is 0.357 e. The number of hydrogen-bond acceptors (Lipinski definition) is 4. The summed E-state index contributed by atoms with van der Waals surface area (Å²) in [5.74, 6) is 0.203. The number of anilines is 1. The van der Waals surface area contributed by atoms with Crippen molar-refractivity contribution in [2.24, 2.45) is 0 Å². The van der Waals surface area contributed by atoms with Gasteiger partial charge in [-0.25, -0.2) is 22.5 Å². The fraction of sp³-hybridized carbons (Fsp3) is 0.312. The SMILES string of the molecule is O=S(=O)(NCc1ccnc(N2CCCC2)c1)c1ccc(F)c(Cl)c1. The minimum Gasteiger partial charge on any atom is -0.357 e. The van der Waals surface area contributed by atoms with E-state index >= 15 is 0 Å². The van der Waals surface area contributed by atoms with Crippen LogP contribution in [-0.2, 0) is 16.6 Å². The van der Waals surface area contributed by atoms with E-state index in [4.69, 9.17) is 11.6 Å². The first-order valence-electron chi connectivity index (χ1n) is 7.60. The Hall–Kier alpha value is -1.70. The van der Waals surface area contributed by atoms with E-state index in [1.807, 2.05) is 6.07 Å². The van der Waals surface area contributed by atoms with E-state index in [1.54, 1.807) is 12.3 Å².